The highest BCUT2D eigenvalue weighted by Gasteiger charge is 2.47. The lowest BCUT2D eigenvalue weighted by Crippen LogP contribution is -2.55. The summed E-state index contributed by atoms with van der Waals surface area (Å²) in [6.07, 6.45) is 4.20. The van der Waals surface area contributed by atoms with Crippen molar-refractivity contribution < 1.29 is 47.0 Å². The number of carbonyl (C=O) groups excluding carboxylic acids is 5. The fourth-order valence-corrected chi connectivity index (χ4v) is 5.61. The molecular weight excluding hydrogens is 662 g/mol. The molecule has 2 aromatic heterocycles. The van der Waals surface area contributed by atoms with Crippen LogP contribution in [0.4, 0.5) is 4.79 Å². The molecule has 1 aliphatic carbocycles. The molecule has 2 heterocycles. The normalized spacial score (nSPS) is 15.8. The van der Waals surface area contributed by atoms with E-state index in [1.807, 2.05) is 18.2 Å². The molecule has 2 atom stereocenters. The van der Waals surface area contributed by atoms with Crippen molar-refractivity contribution in [3.8, 4) is 0 Å². The summed E-state index contributed by atoms with van der Waals surface area (Å²) < 4.78 is 27.3. The quantitative estimate of drug-likeness (QED) is 0.170. The molecule has 0 aliphatic heterocycles. The molecule has 276 valence electrons. The Morgan fingerprint density at radius 1 is 0.824 bits per heavy atom. The van der Waals surface area contributed by atoms with Crippen molar-refractivity contribution in [3.05, 3.63) is 70.6 Å². The minimum atomic E-state index is -2.00. The second kappa shape index (κ2) is 15.8. The number of benzene rings is 1. The van der Waals surface area contributed by atoms with E-state index in [1.54, 1.807) is 32.9 Å². The first-order valence-electron chi connectivity index (χ1n) is 16.8. The number of esters is 2. The van der Waals surface area contributed by atoms with E-state index in [1.165, 1.54) is 27.7 Å². The molecule has 3 N–H and O–H groups in total. The van der Waals surface area contributed by atoms with Gasteiger partial charge in [-0.3, -0.25) is 14.9 Å². The van der Waals surface area contributed by atoms with Gasteiger partial charge in [-0.2, -0.15) is 0 Å². The van der Waals surface area contributed by atoms with Crippen molar-refractivity contribution >= 4 is 29.8 Å². The second-order valence-electron chi connectivity index (χ2n) is 13.9. The van der Waals surface area contributed by atoms with Gasteiger partial charge in [0.25, 0.3) is 11.8 Å². The van der Waals surface area contributed by atoms with E-state index in [-0.39, 0.29) is 47.2 Å². The molecule has 1 aromatic carbocycles. The summed E-state index contributed by atoms with van der Waals surface area (Å²) in [5, 5.41) is 8.01. The molecule has 51 heavy (non-hydrogen) atoms. The molecule has 3 amide bonds. The summed E-state index contributed by atoms with van der Waals surface area (Å²) in [5.41, 5.74) is -4.56. The maximum atomic E-state index is 14.0. The topological polar surface area (TPSA) is 201 Å². The fourth-order valence-electron chi connectivity index (χ4n) is 5.61. The number of aryl methyl sites for hydroxylation is 2. The van der Waals surface area contributed by atoms with Crippen LogP contribution < -0.4 is 16.0 Å². The lowest BCUT2D eigenvalue weighted by molar-refractivity contribution is -0.149. The Hall–Kier alpha value is -5.21. The van der Waals surface area contributed by atoms with Crippen LogP contribution in [-0.2, 0) is 41.5 Å². The van der Waals surface area contributed by atoms with Gasteiger partial charge in [0.05, 0.1) is 7.11 Å². The molecule has 4 rings (SSSR count). The second-order valence-corrected chi connectivity index (χ2v) is 13.9. The summed E-state index contributed by atoms with van der Waals surface area (Å²) in [6, 6.07) is 9.08. The third-order valence-corrected chi connectivity index (χ3v) is 8.51. The Bertz CT molecular complexity index is 1740. The first kappa shape index (κ1) is 38.6. The molecule has 3 aromatic rings. The zero-order valence-corrected chi connectivity index (χ0v) is 30.4. The van der Waals surface area contributed by atoms with Gasteiger partial charge in [0.15, 0.2) is 16.9 Å². The van der Waals surface area contributed by atoms with Gasteiger partial charge in [0, 0.05) is 6.54 Å². The zero-order chi connectivity index (χ0) is 37.6. The van der Waals surface area contributed by atoms with Crippen LogP contribution in [0.15, 0.2) is 39.2 Å². The van der Waals surface area contributed by atoms with Crippen molar-refractivity contribution in [1.82, 2.24) is 25.9 Å². The Labute approximate surface area is 296 Å². The van der Waals surface area contributed by atoms with Crippen LogP contribution in [0.5, 0.6) is 0 Å². The highest BCUT2D eigenvalue weighted by molar-refractivity contribution is 5.99. The van der Waals surface area contributed by atoms with Crippen LogP contribution in [0.1, 0.15) is 117 Å². The average Bonchev–Trinajstić information content (AvgIpc) is 3.68. The van der Waals surface area contributed by atoms with Crippen LogP contribution in [0.25, 0.3) is 0 Å². The SMILES string of the molecule is COC(=O)[C@](C)(NC(=O)OC(C)(C)C)c1nc(C(=O)N[C@@](C)(C(=O)NCC2CCCCC2)c2nc(C(=O)OCc3ccccc3)c(C)o2)c(C)o1. The zero-order valence-electron chi connectivity index (χ0n) is 30.4. The van der Waals surface area contributed by atoms with Crippen molar-refractivity contribution in [2.45, 2.75) is 104 Å². The van der Waals surface area contributed by atoms with Crippen molar-refractivity contribution in [2.75, 3.05) is 13.7 Å². The molecule has 0 saturated heterocycles. The van der Waals surface area contributed by atoms with Gasteiger partial charge in [-0.1, -0.05) is 49.6 Å². The van der Waals surface area contributed by atoms with E-state index >= 15 is 0 Å². The van der Waals surface area contributed by atoms with Crippen molar-refractivity contribution in [2.24, 2.45) is 5.92 Å². The fraction of sp³-hybridized carbons (Fsp3) is 0.528. The van der Waals surface area contributed by atoms with E-state index in [0.29, 0.717) is 6.54 Å². The smallest absolute Gasteiger partial charge is 0.408 e. The predicted octanol–water partition coefficient (Wildman–Crippen LogP) is 4.89. The van der Waals surface area contributed by atoms with E-state index in [2.05, 4.69) is 25.9 Å². The molecule has 15 heteroatoms. The molecule has 0 unspecified atom stereocenters. The van der Waals surface area contributed by atoms with Gasteiger partial charge in [-0.25, -0.2) is 24.4 Å². The minimum absolute atomic E-state index is 0.0156. The first-order chi connectivity index (χ1) is 24.0. The Balaban J connectivity index is 1.65. The number of nitrogens with one attached hydrogen (secondary N) is 3. The molecule has 1 fully saturated rings. The summed E-state index contributed by atoms with van der Waals surface area (Å²) >= 11 is 0. The molecule has 0 bridgehead atoms. The summed E-state index contributed by atoms with van der Waals surface area (Å²) in [5.74, 6) is -3.62. The Morgan fingerprint density at radius 3 is 2.02 bits per heavy atom. The van der Waals surface area contributed by atoms with Crippen LogP contribution in [0, 0.1) is 19.8 Å². The Morgan fingerprint density at radius 2 is 1.41 bits per heavy atom. The number of nitrogens with zero attached hydrogens (tertiary/aromatic N) is 2. The number of rotatable bonds is 12. The molecule has 1 aliphatic rings. The van der Waals surface area contributed by atoms with Gasteiger partial charge >= 0.3 is 18.0 Å². The minimum Gasteiger partial charge on any atom is -0.467 e. The summed E-state index contributed by atoms with van der Waals surface area (Å²) in [7, 11) is 1.11. The van der Waals surface area contributed by atoms with E-state index in [4.69, 9.17) is 23.0 Å². The number of hydrogen-bond acceptors (Lipinski definition) is 12. The molecular formula is C36H47N5O10. The molecule has 15 nitrogen and oxygen atoms in total. The maximum Gasteiger partial charge on any atom is 0.408 e. The monoisotopic (exact) mass is 709 g/mol. The number of oxazole rings is 2. The number of methoxy groups -OCH3 is 1. The van der Waals surface area contributed by atoms with E-state index in [9.17, 15) is 24.0 Å². The number of hydrogen-bond donors (Lipinski definition) is 3. The van der Waals surface area contributed by atoms with Crippen molar-refractivity contribution in [3.63, 3.8) is 0 Å². The number of aromatic nitrogens is 2. The molecule has 1 saturated carbocycles. The van der Waals surface area contributed by atoms with Crippen molar-refractivity contribution in [1.29, 1.82) is 0 Å². The lowest BCUT2D eigenvalue weighted by Gasteiger charge is -2.28. The van der Waals surface area contributed by atoms with Gasteiger partial charge < -0.3 is 33.7 Å². The van der Waals surface area contributed by atoms with E-state index < -0.39 is 46.5 Å². The molecule has 0 radical (unpaired) electrons. The van der Waals surface area contributed by atoms with Crippen LogP contribution >= 0.6 is 0 Å². The van der Waals surface area contributed by atoms with Gasteiger partial charge in [-0.15, -0.1) is 0 Å². The highest BCUT2D eigenvalue weighted by Crippen LogP contribution is 2.29. The number of carbonyl (C=O) groups is 5. The molecule has 0 spiro atoms. The van der Waals surface area contributed by atoms with Crippen LogP contribution in [-0.4, -0.2) is 59.1 Å². The standard InChI is InChI=1S/C36H47N5O10/c1-21-25(38-31(49-21)36(7,32(45)47-8)41-33(46)51-34(3,4)5)27(42)40-35(6,29(44)37-19-23-15-11-9-12-16-23)30-39-26(22(2)50-30)28(43)48-20-24-17-13-10-14-18-24/h10,13-14,17-18,23H,9,11-12,15-16,19-20H2,1-8H3,(H,37,44)(H,40,42)(H,41,46)/t35-,36+/m0/s1. The average molecular weight is 710 g/mol. The lowest BCUT2D eigenvalue weighted by atomic mass is 9.89. The maximum absolute atomic E-state index is 14.0. The third kappa shape index (κ3) is 9.32. The highest BCUT2D eigenvalue weighted by atomic mass is 16.6. The number of alkyl carbamates (subject to hydrolysis) is 1. The first-order valence-corrected chi connectivity index (χ1v) is 16.8. The number of amides is 3. The van der Waals surface area contributed by atoms with E-state index in [0.717, 1.165) is 44.8 Å². The summed E-state index contributed by atoms with van der Waals surface area (Å²) in [4.78, 5) is 75.2. The van der Waals surface area contributed by atoms with Crippen LogP contribution in [0.2, 0.25) is 0 Å². The Kier molecular flexibility index (Phi) is 11.9. The van der Waals surface area contributed by atoms with Gasteiger partial charge in [-0.05, 0) is 72.8 Å². The third-order valence-electron chi connectivity index (χ3n) is 8.51. The van der Waals surface area contributed by atoms with Crippen LogP contribution in [0.3, 0.4) is 0 Å². The largest absolute Gasteiger partial charge is 0.467 e. The van der Waals surface area contributed by atoms with Gasteiger partial charge in [0.2, 0.25) is 17.3 Å². The summed E-state index contributed by atoms with van der Waals surface area (Å²) in [6.45, 7) is 10.9. The number of ether oxygens (including phenoxy) is 3. The van der Waals surface area contributed by atoms with Gasteiger partial charge in [0.1, 0.15) is 23.7 Å². The predicted molar refractivity (Wildman–Crippen MR) is 181 cm³/mol.